The van der Waals surface area contributed by atoms with Crippen molar-refractivity contribution in [3.05, 3.63) is 84.8 Å². The molecule has 7 heteroatoms. The highest BCUT2D eigenvalue weighted by Gasteiger charge is 2.55. The second-order valence-electron chi connectivity index (χ2n) is 10.1. The molecule has 0 radical (unpaired) electrons. The molecule has 0 aliphatic heterocycles. The molecule has 3 aliphatic carbocycles. The van der Waals surface area contributed by atoms with Gasteiger partial charge in [-0.15, -0.1) is 0 Å². The lowest BCUT2D eigenvalue weighted by atomic mass is 9.44. The highest BCUT2D eigenvalue weighted by atomic mass is 15.3. The van der Waals surface area contributed by atoms with Gasteiger partial charge in [0.25, 0.3) is 0 Å². The van der Waals surface area contributed by atoms with E-state index >= 15 is 0 Å². The summed E-state index contributed by atoms with van der Waals surface area (Å²) >= 11 is 0. The van der Waals surface area contributed by atoms with Gasteiger partial charge in [-0.05, 0) is 71.9 Å². The molecule has 8 rings (SSSR count). The summed E-state index contributed by atoms with van der Waals surface area (Å²) in [5, 5.41) is 9.62. The molecule has 7 nitrogen and oxygen atoms in total. The monoisotopic (exact) mass is 449 g/mol. The van der Waals surface area contributed by atoms with E-state index in [1.54, 1.807) is 12.5 Å². The van der Waals surface area contributed by atoms with Gasteiger partial charge in [-0.1, -0.05) is 12.1 Å². The van der Waals surface area contributed by atoms with Crippen LogP contribution in [0.15, 0.2) is 73.6 Å². The van der Waals surface area contributed by atoms with E-state index < -0.39 is 0 Å². The first-order chi connectivity index (χ1) is 16.7. The number of aromatic nitrogens is 6. The number of aromatic amines is 1. The van der Waals surface area contributed by atoms with E-state index in [1.807, 2.05) is 40.0 Å². The van der Waals surface area contributed by atoms with Crippen LogP contribution in [0, 0.1) is 11.3 Å². The number of pyridine rings is 1. The van der Waals surface area contributed by atoms with Crippen molar-refractivity contribution in [3.8, 4) is 17.1 Å². The number of rotatable bonds is 8. The topological polar surface area (TPSA) is 76.3 Å². The molecule has 0 amide bonds. The van der Waals surface area contributed by atoms with E-state index in [-0.39, 0.29) is 0 Å². The first kappa shape index (κ1) is 19.7. The smallest absolute Gasteiger partial charge is 0.182 e. The molecule has 2 N–H and O–H groups in total. The molecular formula is C27H27N7. The lowest BCUT2D eigenvalue weighted by Crippen LogP contribution is -2.56. The van der Waals surface area contributed by atoms with Gasteiger partial charge in [0, 0.05) is 48.5 Å². The number of nitrogens with one attached hydrogen (secondary N) is 2. The second kappa shape index (κ2) is 7.67. The van der Waals surface area contributed by atoms with Crippen molar-refractivity contribution in [2.45, 2.75) is 32.4 Å². The first-order valence-electron chi connectivity index (χ1n) is 12.0. The third kappa shape index (κ3) is 3.53. The molecule has 3 fully saturated rings. The van der Waals surface area contributed by atoms with Crippen LogP contribution in [0.5, 0.6) is 0 Å². The van der Waals surface area contributed by atoms with Gasteiger partial charge in [-0.25, -0.2) is 9.67 Å². The first-order valence-corrected chi connectivity index (χ1v) is 12.0. The van der Waals surface area contributed by atoms with E-state index in [1.165, 1.54) is 41.4 Å². The van der Waals surface area contributed by atoms with E-state index in [0.29, 0.717) is 17.8 Å². The van der Waals surface area contributed by atoms with Crippen LogP contribution in [0.3, 0.4) is 0 Å². The van der Waals surface area contributed by atoms with Crippen LogP contribution in [0.1, 0.15) is 30.5 Å². The van der Waals surface area contributed by atoms with Crippen molar-refractivity contribution in [1.82, 2.24) is 34.6 Å². The van der Waals surface area contributed by atoms with Crippen molar-refractivity contribution in [2.75, 3.05) is 6.54 Å². The Morgan fingerprint density at radius 1 is 1.06 bits per heavy atom. The van der Waals surface area contributed by atoms with Crippen LogP contribution in [-0.4, -0.2) is 35.8 Å². The Bertz CT molecular complexity index is 1440. The fraction of sp³-hybridized carbons (Fsp3) is 0.296. The Balaban J connectivity index is 1.04. The Morgan fingerprint density at radius 2 is 1.94 bits per heavy atom. The van der Waals surface area contributed by atoms with Crippen LogP contribution in [0.4, 0.5) is 0 Å². The summed E-state index contributed by atoms with van der Waals surface area (Å²) < 4.78 is 3.91. The standard InChI is InChI=1S/C27H27N7/c1-2-6-33(5-1)24-9-22(13-28-15-24)26-30-18-34(32-26)16-19-3-4-21-8-23(31-25(21)7-19)14-29-17-27-10-20(11-27)12-27/h1-9,13,15,18,20,29,31H,10-12,14,16-17H2. The fourth-order valence-corrected chi connectivity index (χ4v) is 5.65. The Labute approximate surface area is 197 Å². The summed E-state index contributed by atoms with van der Waals surface area (Å²) in [6.07, 6.45) is 13.8. The van der Waals surface area contributed by atoms with Gasteiger partial charge < -0.3 is 14.9 Å². The van der Waals surface area contributed by atoms with Crippen molar-refractivity contribution < 1.29 is 0 Å². The van der Waals surface area contributed by atoms with Gasteiger partial charge in [0.1, 0.15) is 6.33 Å². The summed E-state index contributed by atoms with van der Waals surface area (Å²) in [6.45, 7) is 2.73. The molecule has 3 saturated carbocycles. The molecule has 0 atom stereocenters. The predicted molar refractivity (Wildman–Crippen MR) is 131 cm³/mol. The average Bonchev–Trinajstić information content (AvgIpc) is 3.55. The zero-order chi connectivity index (χ0) is 22.5. The van der Waals surface area contributed by atoms with Gasteiger partial charge >= 0.3 is 0 Å². The lowest BCUT2D eigenvalue weighted by Gasteiger charge is -2.62. The third-order valence-corrected chi connectivity index (χ3v) is 7.49. The number of hydrogen-bond acceptors (Lipinski definition) is 4. The van der Waals surface area contributed by atoms with Crippen LogP contribution >= 0.6 is 0 Å². The van der Waals surface area contributed by atoms with E-state index in [0.717, 1.165) is 30.3 Å². The van der Waals surface area contributed by atoms with Gasteiger partial charge in [-0.2, -0.15) is 5.10 Å². The van der Waals surface area contributed by atoms with Crippen molar-refractivity contribution in [3.63, 3.8) is 0 Å². The number of hydrogen-bond donors (Lipinski definition) is 2. The minimum Gasteiger partial charge on any atom is -0.357 e. The number of benzene rings is 1. The molecular weight excluding hydrogens is 422 g/mol. The number of H-pyrrole nitrogens is 1. The zero-order valence-corrected chi connectivity index (χ0v) is 19.0. The minimum absolute atomic E-state index is 0.639. The van der Waals surface area contributed by atoms with E-state index in [9.17, 15) is 0 Å². The summed E-state index contributed by atoms with van der Waals surface area (Å²) in [7, 11) is 0. The zero-order valence-electron chi connectivity index (χ0n) is 19.0. The Morgan fingerprint density at radius 3 is 2.76 bits per heavy atom. The molecule has 4 heterocycles. The van der Waals surface area contributed by atoms with Crippen molar-refractivity contribution >= 4 is 10.9 Å². The highest BCUT2D eigenvalue weighted by molar-refractivity contribution is 5.81. The maximum absolute atomic E-state index is 4.70. The molecule has 1 aromatic carbocycles. The molecule has 3 aliphatic rings. The fourth-order valence-electron chi connectivity index (χ4n) is 5.65. The quantitative estimate of drug-likeness (QED) is 0.364. The summed E-state index contributed by atoms with van der Waals surface area (Å²) in [5.41, 5.74) is 6.14. The maximum Gasteiger partial charge on any atom is 0.182 e. The molecule has 0 spiro atoms. The van der Waals surface area contributed by atoms with Crippen molar-refractivity contribution in [2.24, 2.45) is 11.3 Å². The average molecular weight is 450 g/mol. The highest BCUT2D eigenvalue weighted by Crippen LogP contribution is 2.63. The molecule has 170 valence electrons. The minimum atomic E-state index is 0.639. The van der Waals surface area contributed by atoms with E-state index in [2.05, 4.69) is 50.6 Å². The van der Waals surface area contributed by atoms with Crippen LogP contribution < -0.4 is 5.32 Å². The Kier molecular flexibility index (Phi) is 4.45. The molecule has 0 saturated heterocycles. The summed E-state index contributed by atoms with van der Waals surface area (Å²) in [6, 6.07) is 14.9. The van der Waals surface area contributed by atoms with Gasteiger partial charge in [0.15, 0.2) is 5.82 Å². The molecule has 4 aromatic heterocycles. The molecule has 34 heavy (non-hydrogen) atoms. The van der Waals surface area contributed by atoms with Crippen LogP contribution in [-0.2, 0) is 13.1 Å². The molecule has 5 aromatic rings. The van der Waals surface area contributed by atoms with Crippen molar-refractivity contribution in [1.29, 1.82) is 0 Å². The van der Waals surface area contributed by atoms with Gasteiger partial charge in [0.05, 0.1) is 18.4 Å². The Hall–Kier alpha value is -3.71. The third-order valence-electron chi connectivity index (χ3n) is 7.49. The van der Waals surface area contributed by atoms with Gasteiger partial charge in [0.2, 0.25) is 0 Å². The molecule has 0 unspecified atom stereocenters. The number of nitrogens with zero attached hydrogens (tertiary/aromatic N) is 5. The van der Waals surface area contributed by atoms with E-state index in [4.69, 9.17) is 5.10 Å². The largest absolute Gasteiger partial charge is 0.357 e. The normalized spacial score (nSPS) is 20.9. The maximum atomic E-state index is 4.70. The summed E-state index contributed by atoms with van der Waals surface area (Å²) in [5.74, 6) is 1.72. The SMILES string of the molecule is c1ccn(-c2cncc(-c3ncn(Cc4ccc5cc(CNCC67CC(C6)C7)[nH]c5c4)n3)c2)c1. The lowest BCUT2D eigenvalue weighted by molar-refractivity contribution is -0.103. The molecule has 2 bridgehead atoms. The second-order valence-corrected chi connectivity index (χ2v) is 10.1. The van der Waals surface area contributed by atoms with Crippen LogP contribution in [0.2, 0.25) is 0 Å². The summed E-state index contributed by atoms with van der Waals surface area (Å²) in [4.78, 5) is 12.5. The predicted octanol–water partition coefficient (Wildman–Crippen LogP) is 4.55. The number of fused-ring (bicyclic) bond motifs is 1. The van der Waals surface area contributed by atoms with Gasteiger partial charge in [-0.3, -0.25) is 4.98 Å². The van der Waals surface area contributed by atoms with Crippen LogP contribution in [0.25, 0.3) is 28.0 Å².